The van der Waals surface area contributed by atoms with Gasteiger partial charge in [-0.15, -0.1) is 0 Å². The minimum Gasteiger partial charge on any atom is -0.491 e. The Balaban J connectivity index is 2.01. The highest BCUT2D eigenvalue weighted by molar-refractivity contribution is 14.1. The van der Waals surface area contributed by atoms with Gasteiger partial charge in [0.2, 0.25) is 0 Å². The molecule has 2 heterocycles. The van der Waals surface area contributed by atoms with Gasteiger partial charge in [-0.1, -0.05) is 29.5 Å². The first-order valence-electron chi connectivity index (χ1n) is 12.1. The van der Waals surface area contributed by atoms with Gasteiger partial charge in [0.05, 0.1) is 32.1 Å². The van der Waals surface area contributed by atoms with Crippen molar-refractivity contribution in [3.63, 3.8) is 0 Å². The lowest BCUT2D eigenvalue weighted by atomic mass is 9.95. The van der Waals surface area contributed by atoms with Gasteiger partial charge >= 0.3 is 11.9 Å². The fourth-order valence-electron chi connectivity index (χ4n) is 4.23. The maximum Gasteiger partial charge on any atom is 0.338 e. The number of carbonyl (C=O) groups excluding carboxylic acids is 2. The van der Waals surface area contributed by atoms with E-state index in [2.05, 4.69) is 50.2 Å². The van der Waals surface area contributed by atoms with E-state index in [9.17, 15) is 14.4 Å². The number of ether oxygens (including phenoxy) is 3. The second-order valence-corrected chi connectivity index (χ2v) is 12.3. The lowest BCUT2D eigenvalue weighted by Crippen LogP contribution is -2.40. The first kappa shape index (κ1) is 29.5. The van der Waals surface area contributed by atoms with Crippen LogP contribution in [0.3, 0.4) is 0 Å². The molecular weight excluding hydrogens is 746 g/mol. The number of hydrogen-bond donors (Lipinski definition) is 0. The van der Waals surface area contributed by atoms with E-state index in [0.29, 0.717) is 37.7 Å². The standard InChI is InChI=1S/C28H26I2N2O6S/c1-6-36-27(35)23-15(4)31-28-32(24(23)19-9-7-8-10-21(19)37-14(2)3)26(34)22(39-28)12-17-11-18(29)13-20(30)25(17)38-16(5)33/h7-14,24H,6H2,1-5H3/b22-12-/t24-/m1/s1. The maximum absolute atomic E-state index is 14.0. The number of carbonyl (C=O) groups is 2. The molecule has 0 radical (unpaired) electrons. The van der Waals surface area contributed by atoms with Gasteiger partial charge < -0.3 is 14.2 Å². The normalized spacial score (nSPS) is 15.2. The number of rotatable bonds is 7. The van der Waals surface area contributed by atoms with E-state index in [1.165, 1.54) is 22.8 Å². The summed E-state index contributed by atoms with van der Waals surface area (Å²) in [5, 5.41) is 0. The van der Waals surface area contributed by atoms with Gasteiger partial charge in [0.1, 0.15) is 11.8 Å². The zero-order chi connectivity index (χ0) is 28.4. The molecule has 0 fully saturated rings. The minimum absolute atomic E-state index is 0.124. The molecule has 1 atom stereocenters. The van der Waals surface area contributed by atoms with Gasteiger partial charge in [0.25, 0.3) is 5.56 Å². The number of nitrogens with zero attached hydrogens (tertiary/aromatic N) is 2. The summed E-state index contributed by atoms with van der Waals surface area (Å²) in [6, 6.07) is 10.3. The van der Waals surface area contributed by atoms with Crippen LogP contribution in [0.1, 0.15) is 51.8 Å². The van der Waals surface area contributed by atoms with Crippen LogP contribution in [0, 0.1) is 7.14 Å². The lowest BCUT2D eigenvalue weighted by molar-refractivity contribution is -0.139. The molecule has 0 N–H and O–H groups in total. The summed E-state index contributed by atoms with van der Waals surface area (Å²) in [5.74, 6) is -0.0544. The highest BCUT2D eigenvalue weighted by atomic mass is 127. The third-order valence-corrected chi connectivity index (χ3v) is 8.07. The third-order valence-electron chi connectivity index (χ3n) is 5.66. The molecule has 0 unspecified atom stereocenters. The first-order valence-corrected chi connectivity index (χ1v) is 15.1. The average molecular weight is 772 g/mol. The fourth-order valence-corrected chi connectivity index (χ4v) is 7.27. The van der Waals surface area contributed by atoms with E-state index in [0.717, 1.165) is 7.14 Å². The molecule has 0 saturated heterocycles. The molecule has 0 spiro atoms. The van der Waals surface area contributed by atoms with Crippen LogP contribution < -0.4 is 24.4 Å². The van der Waals surface area contributed by atoms with Gasteiger partial charge in [-0.25, -0.2) is 9.79 Å². The largest absolute Gasteiger partial charge is 0.491 e. The van der Waals surface area contributed by atoms with E-state index in [1.807, 2.05) is 50.2 Å². The summed E-state index contributed by atoms with van der Waals surface area (Å²) in [6.45, 7) is 8.82. The predicted molar refractivity (Wildman–Crippen MR) is 166 cm³/mol. The summed E-state index contributed by atoms with van der Waals surface area (Å²) in [4.78, 5) is 44.1. The van der Waals surface area contributed by atoms with Crippen molar-refractivity contribution in [2.24, 2.45) is 4.99 Å². The Morgan fingerprint density at radius 3 is 2.59 bits per heavy atom. The summed E-state index contributed by atoms with van der Waals surface area (Å²) in [6.07, 6.45) is 1.57. The van der Waals surface area contributed by atoms with Crippen LogP contribution in [0.2, 0.25) is 0 Å². The number of benzene rings is 2. The van der Waals surface area contributed by atoms with Gasteiger partial charge in [0.15, 0.2) is 10.6 Å². The topological polar surface area (TPSA) is 96.2 Å². The van der Waals surface area contributed by atoms with E-state index in [-0.39, 0.29) is 23.8 Å². The molecule has 2 aromatic carbocycles. The molecule has 8 nitrogen and oxygen atoms in total. The number of allylic oxidation sites excluding steroid dienone is 1. The molecule has 39 heavy (non-hydrogen) atoms. The zero-order valence-electron chi connectivity index (χ0n) is 21.9. The van der Waals surface area contributed by atoms with Crippen molar-refractivity contribution in [2.75, 3.05) is 6.61 Å². The van der Waals surface area contributed by atoms with Gasteiger partial charge in [0, 0.05) is 21.6 Å². The minimum atomic E-state index is -0.804. The van der Waals surface area contributed by atoms with Crippen LogP contribution in [0.5, 0.6) is 11.5 Å². The number of aromatic nitrogens is 1. The Morgan fingerprint density at radius 1 is 1.21 bits per heavy atom. The van der Waals surface area contributed by atoms with E-state index in [1.54, 1.807) is 19.9 Å². The molecule has 1 aromatic heterocycles. The summed E-state index contributed by atoms with van der Waals surface area (Å²) in [5.41, 5.74) is 1.66. The summed E-state index contributed by atoms with van der Waals surface area (Å²) < 4.78 is 20.5. The smallest absolute Gasteiger partial charge is 0.338 e. The van der Waals surface area contributed by atoms with Crippen LogP contribution in [-0.4, -0.2) is 29.2 Å². The van der Waals surface area contributed by atoms with E-state index < -0.39 is 18.0 Å². The Kier molecular flexibility index (Phi) is 9.32. The Hall–Kier alpha value is -2.52. The fraction of sp³-hybridized carbons (Fsp3) is 0.286. The van der Waals surface area contributed by atoms with Crippen molar-refractivity contribution in [3.8, 4) is 11.5 Å². The highest BCUT2D eigenvalue weighted by Crippen LogP contribution is 2.36. The molecule has 0 aliphatic carbocycles. The average Bonchev–Trinajstić information content (AvgIpc) is 3.14. The van der Waals surface area contributed by atoms with Crippen LogP contribution in [-0.2, 0) is 14.3 Å². The Morgan fingerprint density at radius 2 is 1.92 bits per heavy atom. The maximum atomic E-state index is 14.0. The van der Waals surface area contributed by atoms with Crippen molar-refractivity contribution in [1.29, 1.82) is 0 Å². The molecule has 0 saturated carbocycles. The molecule has 11 heteroatoms. The first-order chi connectivity index (χ1) is 18.5. The van der Waals surface area contributed by atoms with Crippen molar-refractivity contribution >= 4 is 74.5 Å². The van der Waals surface area contributed by atoms with Crippen molar-refractivity contribution in [2.45, 2.75) is 46.8 Å². The summed E-state index contributed by atoms with van der Waals surface area (Å²) in [7, 11) is 0. The van der Waals surface area contributed by atoms with E-state index in [4.69, 9.17) is 14.2 Å². The van der Waals surface area contributed by atoms with Crippen LogP contribution in [0.25, 0.3) is 6.08 Å². The number of thiazole rings is 1. The van der Waals surface area contributed by atoms with Gasteiger partial charge in [-0.3, -0.25) is 14.2 Å². The van der Waals surface area contributed by atoms with Crippen LogP contribution in [0.15, 0.2) is 57.5 Å². The molecular formula is C28H26I2N2O6S. The molecule has 3 aromatic rings. The van der Waals surface area contributed by atoms with Gasteiger partial charge in [-0.2, -0.15) is 0 Å². The van der Waals surface area contributed by atoms with E-state index >= 15 is 0 Å². The third kappa shape index (κ3) is 6.30. The van der Waals surface area contributed by atoms with Crippen molar-refractivity contribution < 1.29 is 23.8 Å². The second kappa shape index (κ2) is 12.3. The number of halogens is 2. The molecule has 1 aliphatic heterocycles. The van der Waals surface area contributed by atoms with Crippen LogP contribution in [0.4, 0.5) is 0 Å². The molecule has 0 bridgehead atoms. The highest BCUT2D eigenvalue weighted by Gasteiger charge is 2.35. The van der Waals surface area contributed by atoms with Crippen LogP contribution >= 0.6 is 56.5 Å². The number of para-hydroxylation sites is 1. The molecule has 0 amide bonds. The second-order valence-electron chi connectivity index (χ2n) is 8.91. The summed E-state index contributed by atoms with van der Waals surface area (Å²) >= 11 is 5.48. The predicted octanol–water partition coefficient (Wildman–Crippen LogP) is 4.72. The van der Waals surface area contributed by atoms with Crippen molar-refractivity contribution in [3.05, 3.63) is 85.6 Å². The molecule has 4 rings (SSSR count). The Bertz CT molecular complexity index is 1670. The SMILES string of the molecule is CCOC(=O)C1=C(C)N=c2s/c(=C\c3cc(I)cc(I)c3OC(C)=O)c(=O)n2[C@@H]1c1ccccc1OC(C)C. The number of esters is 2. The molecule has 1 aliphatic rings. The monoisotopic (exact) mass is 772 g/mol. The lowest BCUT2D eigenvalue weighted by Gasteiger charge is -2.26. The van der Waals surface area contributed by atoms with Crippen molar-refractivity contribution in [1.82, 2.24) is 4.57 Å². The zero-order valence-corrected chi connectivity index (χ0v) is 27.0. The Labute approximate surface area is 256 Å². The number of fused-ring (bicyclic) bond motifs is 1. The number of hydrogen-bond acceptors (Lipinski definition) is 8. The quantitative estimate of drug-likeness (QED) is 0.196. The molecule has 204 valence electrons. The van der Waals surface area contributed by atoms with Gasteiger partial charge in [-0.05, 0) is 97.2 Å².